The molecule has 10 heteroatoms. The fourth-order valence-electron chi connectivity index (χ4n) is 3.88. The molecule has 1 saturated carbocycles. The minimum Gasteiger partial charge on any atom is -0.492 e. The number of hydrogen-bond acceptors (Lipinski definition) is 6. The van der Waals surface area contributed by atoms with Crippen LogP contribution in [0.3, 0.4) is 0 Å². The summed E-state index contributed by atoms with van der Waals surface area (Å²) in [5.74, 6) is -1.44. The third kappa shape index (κ3) is 4.10. The highest BCUT2D eigenvalue weighted by Crippen LogP contribution is 2.24. The van der Waals surface area contributed by atoms with Crippen LogP contribution in [0.5, 0.6) is 5.88 Å². The van der Waals surface area contributed by atoms with Crippen molar-refractivity contribution in [2.45, 2.75) is 45.7 Å². The van der Waals surface area contributed by atoms with E-state index in [4.69, 9.17) is 5.26 Å². The lowest BCUT2D eigenvalue weighted by atomic mass is 10.1. The summed E-state index contributed by atoms with van der Waals surface area (Å²) < 4.78 is 2.59. The molecule has 2 aromatic rings. The van der Waals surface area contributed by atoms with Crippen molar-refractivity contribution in [3.63, 3.8) is 0 Å². The van der Waals surface area contributed by atoms with E-state index in [1.54, 1.807) is 11.0 Å². The zero-order valence-corrected chi connectivity index (χ0v) is 18.1. The van der Waals surface area contributed by atoms with E-state index in [0.717, 1.165) is 17.4 Å². The maximum absolute atomic E-state index is 13.2. The summed E-state index contributed by atoms with van der Waals surface area (Å²) in [4.78, 5) is 40.0. The van der Waals surface area contributed by atoms with Crippen LogP contribution in [0.15, 0.2) is 17.1 Å². The number of aromatic hydroxyl groups is 1. The van der Waals surface area contributed by atoms with Crippen LogP contribution in [0.4, 0.5) is 0 Å². The van der Waals surface area contributed by atoms with Crippen LogP contribution in [-0.4, -0.2) is 55.1 Å². The molecule has 10 nitrogen and oxygen atoms in total. The van der Waals surface area contributed by atoms with Gasteiger partial charge >= 0.3 is 0 Å². The van der Waals surface area contributed by atoms with Crippen molar-refractivity contribution in [2.24, 2.45) is 11.8 Å². The molecule has 2 amide bonds. The molecule has 4 rings (SSSR count). The number of carbonyl (C=O) groups excluding carboxylic acids is 2. The van der Waals surface area contributed by atoms with Gasteiger partial charge in [-0.2, -0.15) is 14.9 Å². The predicted octanol–water partition coefficient (Wildman–Crippen LogP) is 1.14. The Bertz CT molecular complexity index is 1200. The second-order valence-corrected chi connectivity index (χ2v) is 8.82. The standard InChI is InChI=1S/C22H26N6O4/c1-13(2)11-27-20-15(3-6-17(29)26-8-7-14(9-23)12-26)10-24-28(20)22(32)18(21(27)31)19(30)25-16-4-5-16/h3,6,10,13-14,16,32H,4-5,7-8,11-12H2,1-2H3,(H,25,30). The molecule has 1 aliphatic heterocycles. The first kappa shape index (κ1) is 21.6. The van der Waals surface area contributed by atoms with Gasteiger partial charge in [0.15, 0.2) is 5.56 Å². The average Bonchev–Trinajstić information content (AvgIpc) is 3.26. The number of rotatable bonds is 6. The van der Waals surface area contributed by atoms with Gasteiger partial charge < -0.3 is 15.3 Å². The van der Waals surface area contributed by atoms with E-state index in [9.17, 15) is 19.5 Å². The first-order valence-corrected chi connectivity index (χ1v) is 10.8. The van der Waals surface area contributed by atoms with Gasteiger partial charge in [-0.05, 0) is 31.3 Å². The molecular weight excluding hydrogens is 412 g/mol. The summed E-state index contributed by atoms with van der Waals surface area (Å²) in [6, 6.07) is 2.21. The van der Waals surface area contributed by atoms with Crippen molar-refractivity contribution in [1.29, 1.82) is 5.26 Å². The van der Waals surface area contributed by atoms with Gasteiger partial charge in [0.25, 0.3) is 11.5 Å². The van der Waals surface area contributed by atoms with Gasteiger partial charge in [0, 0.05) is 37.3 Å². The Balaban J connectivity index is 1.73. The number of likely N-dealkylation sites (tertiary alicyclic amines) is 1. The number of hydrogen-bond donors (Lipinski definition) is 2. The highest BCUT2D eigenvalue weighted by Gasteiger charge is 2.30. The molecule has 2 N–H and O–H groups in total. The van der Waals surface area contributed by atoms with Crippen LogP contribution in [0.25, 0.3) is 11.7 Å². The van der Waals surface area contributed by atoms with Crippen molar-refractivity contribution in [2.75, 3.05) is 13.1 Å². The molecule has 32 heavy (non-hydrogen) atoms. The van der Waals surface area contributed by atoms with Crippen molar-refractivity contribution < 1.29 is 14.7 Å². The van der Waals surface area contributed by atoms with Gasteiger partial charge in [0.1, 0.15) is 5.65 Å². The lowest BCUT2D eigenvalue weighted by Crippen LogP contribution is -2.36. The topological polar surface area (TPSA) is 133 Å². The first-order chi connectivity index (χ1) is 15.3. The molecule has 168 valence electrons. The second kappa shape index (κ2) is 8.49. The van der Waals surface area contributed by atoms with Gasteiger partial charge in [-0.1, -0.05) is 13.8 Å². The lowest BCUT2D eigenvalue weighted by molar-refractivity contribution is -0.125. The van der Waals surface area contributed by atoms with Crippen LogP contribution < -0.4 is 10.9 Å². The van der Waals surface area contributed by atoms with Crippen LogP contribution in [0.1, 0.15) is 49.0 Å². The lowest BCUT2D eigenvalue weighted by Gasteiger charge is -2.15. The molecule has 2 aliphatic rings. The maximum Gasteiger partial charge on any atom is 0.270 e. The zero-order chi connectivity index (χ0) is 23.0. The monoisotopic (exact) mass is 438 g/mol. The van der Waals surface area contributed by atoms with Crippen molar-refractivity contribution in [1.82, 2.24) is 24.4 Å². The van der Waals surface area contributed by atoms with Crippen LogP contribution in [0, 0.1) is 23.2 Å². The van der Waals surface area contributed by atoms with Crippen LogP contribution >= 0.6 is 0 Å². The Morgan fingerprint density at radius 1 is 1.38 bits per heavy atom. The Hall–Kier alpha value is -3.61. The smallest absolute Gasteiger partial charge is 0.270 e. The Kier molecular flexibility index (Phi) is 5.74. The first-order valence-electron chi connectivity index (χ1n) is 10.8. The van der Waals surface area contributed by atoms with Gasteiger partial charge in [-0.15, -0.1) is 0 Å². The third-order valence-electron chi connectivity index (χ3n) is 5.69. The quantitative estimate of drug-likeness (QED) is 0.650. The van der Waals surface area contributed by atoms with E-state index in [1.807, 2.05) is 13.8 Å². The van der Waals surface area contributed by atoms with E-state index in [-0.39, 0.29) is 29.3 Å². The summed E-state index contributed by atoms with van der Waals surface area (Å²) in [6.45, 7) is 5.10. The fourth-order valence-corrected chi connectivity index (χ4v) is 3.88. The van der Waals surface area contributed by atoms with Crippen molar-refractivity contribution in [3.8, 4) is 11.9 Å². The minimum atomic E-state index is -0.613. The van der Waals surface area contributed by atoms with E-state index in [0.29, 0.717) is 37.3 Å². The van der Waals surface area contributed by atoms with Crippen molar-refractivity contribution in [3.05, 3.63) is 33.8 Å². The third-order valence-corrected chi connectivity index (χ3v) is 5.69. The summed E-state index contributed by atoms with van der Waals surface area (Å²) >= 11 is 0. The highest BCUT2D eigenvalue weighted by atomic mass is 16.3. The number of carbonyl (C=O) groups is 2. The Morgan fingerprint density at radius 3 is 2.75 bits per heavy atom. The van der Waals surface area contributed by atoms with Crippen LogP contribution in [0.2, 0.25) is 0 Å². The summed E-state index contributed by atoms with van der Waals surface area (Å²) in [6.07, 6.45) is 6.73. The van der Waals surface area contributed by atoms with Crippen molar-refractivity contribution >= 4 is 23.5 Å². The number of nitrogens with one attached hydrogen (secondary N) is 1. The Labute approximate surface area is 184 Å². The molecule has 1 saturated heterocycles. The minimum absolute atomic E-state index is 0.0314. The largest absolute Gasteiger partial charge is 0.492 e. The maximum atomic E-state index is 13.2. The molecule has 1 aliphatic carbocycles. The normalized spacial score (nSPS) is 18.6. The fraction of sp³-hybridized carbons (Fsp3) is 0.500. The number of nitrogens with zero attached hydrogens (tertiary/aromatic N) is 5. The SMILES string of the molecule is CC(C)Cn1c(=O)c(C(=O)NC2CC2)c(O)n2ncc(C=CC(=O)N3CCC(C#N)C3)c12. The average molecular weight is 438 g/mol. The van der Waals surface area contributed by atoms with E-state index in [2.05, 4.69) is 16.5 Å². The molecule has 0 radical (unpaired) electrons. The molecule has 2 aromatic heterocycles. The number of amides is 2. The van der Waals surface area contributed by atoms with E-state index >= 15 is 0 Å². The highest BCUT2D eigenvalue weighted by molar-refractivity contribution is 5.97. The van der Waals surface area contributed by atoms with E-state index < -0.39 is 17.3 Å². The molecule has 0 aromatic carbocycles. The molecular formula is C22H26N6O4. The van der Waals surface area contributed by atoms with Gasteiger partial charge in [0.2, 0.25) is 11.8 Å². The van der Waals surface area contributed by atoms with Gasteiger partial charge in [0.05, 0.1) is 18.2 Å². The van der Waals surface area contributed by atoms with E-state index in [1.165, 1.54) is 16.8 Å². The Morgan fingerprint density at radius 2 is 2.12 bits per heavy atom. The molecule has 1 unspecified atom stereocenters. The zero-order valence-electron chi connectivity index (χ0n) is 18.1. The number of fused-ring (bicyclic) bond motifs is 1. The molecule has 2 fully saturated rings. The summed E-state index contributed by atoms with van der Waals surface area (Å²) in [5.41, 5.74) is -0.153. The van der Waals surface area contributed by atoms with Gasteiger partial charge in [-0.3, -0.25) is 19.0 Å². The van der Waals surface area contributed by atoms with Gasteiger partial charge in [-0.25, -0.2) is 0 Å². The molecule has 3 heterocycles. The second-order valence-electron chi connectivity index (χ2n) is 8.82. The summed E-state index contributed by atoms with van der Waals surface area (Å²) in [7, 11) is 0. The number of nitriles is 1. The predicted molar refractivity (Wildman–Crippen MR) is 116 cm³/mol. The van der Waals surface area contributed by atoms with Crippen LogP contribution in [-0.2, 0) is 11.3 Å². The molecule has 1 atom stereocenters. The number of aromatic nitrogens is 3. The molecule has 0 bridgehead atoms. The molecule has 0 spiro atoms. The summed E-state index contributed by atoms with van der Waals surface area (Å²) in [5, 5.41) is 26.7.